The second-order valence-electron chi connectivity index (χ2n) is 5.55. The first kappa shape index (κ1) is 20.0. The Morgan fingerprint density at radius 3 is 2.50 bits per heavy atom. The standard InChI is InChI=1S/C17H26N4O2S/c1-5-11-19-17(18-6-2)20-12-15-9-7-8-10-16(15)13-24(22,23)21-14(3)4/h1,7-10,14,21H,6,11-13H2,2-4H3,(H2,18,19,20). The summed E-state index contributed by atoms with van der Waals surface area (Å²) in [5.74, 6) is 3.04. The molecule has 1 rings (SSSR count). The highest BCUT2D eigenvalue weighted by molar-refractivity contribution is 7.88. The van der Waals surface area contributed by atoms with Crippen molar-refractivity contribution in [3.8, 4) is 12.3 Å². The lowest BCUT2D eigenvalue weighted by Gasteiger charge is -2.13. The second-order valence-corrected chi connectivity index (χ2v) is 7.31. The van der Waals surface area contributed by atoms with Gasteiger partial charge in [-0.1, -0.05) is 30.2 Å². The van der Waals surface area contributed by atoms with Crippen LogP contribution in [0.15, 0.2) is 29.3 Å². The Kier molecular flexibility index (Phi) is 8.30. The molecule has 0 aliphatic heterocycles. The van der Waals surface area contributed by atoms with E-state index in [1.807, 2.05) is 31.2 Å². The van der Waals surface area contributed by atoms with E-state index >= 15 is 0 Å². The van der Waals surface area contributed by atoms with Gasteiger partial charge in [0.25, 0.3) is 0 Å². The van der Waals surface area contributed by atoms with Crippen LogP contribution in [0.25, 0.3) is 0 Å². The Morgan fingerprint density at radius 2 is 1.92 bits per heavy atom. The molecule has 3 N–H and O–H groups in total. The van der Waals surface area contributed by atoms with Gasteiger partial charge in [-0.2, -0.15) is 0 Å². The van der Waals surface area contributed by atoms with Gasteiger partial charge < -0.3 is 10.6 Å². The summed E-state index contributed by atoms with van der Waals surface area (Å²) in [4.78, 5) is 4.46. The molecule has 0 amide bonds. The lowest BCUT2D eigenvalue weighted by molar-refractivity contribution is 0.569. The summed E-state index contributed by atoms with van der Waals surface area (Å²) in [6.45, 7) is 7.02. The number of hydrogen-bond acceptors (Lipinski definition) is 3. The van der Waals surface area contributed by atoms with E-state index in [4.69, 9.17) is 6.42 Å². The monoisotopic (exact) mass is 350 g/mol. The van der Waals surface area contributed by atoms with Crippen molar-refractivity contribution in [3.05, 3.63) is 35.4 Å². The SMILES string of the molecule is C#CCNC(=NCc1ccccc1CS(=O)(=O)NC(C)C)NCC. The van der Waals surface area contributed by atoms with Crippen molar-refractivity contribution in [2.24, 2.45) is 4.99 Å². The molecule has 0 heterocycles. The fourth-order valence-electron chi connectivity index (χ4n) is 2.10. The third kappa shape index (κ3) is 7.49. The third-order valence-corrected chi connectivity index (χ3v) is 4.51. The predicted molar refractivity (Wildman–Crippen MR) is 99.0 cm³/mol. The molecule has 0 saturated carbocycles. The zero-order valence-electron chi connectivity index (χ0n) is 14.5. The van der Waals surface area contributed by atoms with Crippen LogP contribution >= 0.6 is 0 Å². The second kappa shape index (κ2) is 9.96. The summed E-state index contributed by atoms with van der Waals surface area (Å²) in [5.41, 5.74) is 1.60. The zero-order chi connectivity index (χ0) is 18.0. The molecule has 0 aromatic heterocycles. The largest absolute Gasteiger partial charge is 0.357 e. The number of terminal acetylenes is 1. The molecule has 0 fully saturated rings. The molecule has 1 aromatic carbocycles. The lowest BCUT2D eigenvalue weighted by atomic mass is 10.1. The maximum absolute atomic E-state index is 12.2. The van der Waals surface area contributed by atoms with Crippen molar-refractivity contribution in [3.63, 3.8) is 0 Å². The lowest BCUT2D eigenvalue weighted by Crippen LogP contribution is -2.37. The highest BCUT2D eigenvalue weighted by Gasteiger charge is 2.15. The number of nitrogens with one attached hydrogen (secondary N) is 3. The Morgan fingerprint density at radius 1 is 1.25 bits per heavy atom. The fraction of sp³-hybridized carbons (Fsp3) is 0.471. The van der Waals surface area contributed by atoms with E-state index in [0.717, 1.165) is 11.1 Å². The van der Waals surface area contributed by atoms with E-state index in [1.54, 1.807) is 13.8 Å². The number of benzene rings is 1. The molecule has 0 unspecified atom stereocenters. The molecule has 6 nitrogen and oxygen atoms in total. The molecule has 0 aliphatic rings. The van der Waals surface area contributed by atoms with Crippen LogP contribution in [-0.2, 0) is 22.3 Å². The van der Waals surface area contributed by atoms with E-state index in [1.165, 1.54) is 0 Å². The van der Waals surface area contributed by atoms with Crippen molar-refractivity contribution in [1.29, 1.82) is 0 Å². The minimum Gasteiger partial charge on any atom is -0.357 e. The molecule has 0 radical (unpaired) electrons. The molecule has 24 heavy (non-hydrogen) atoms. The molecular weight excluding hydrogens is 324 g/mol. The zero-order valence-corrected chi connectivity index (χ0v) is 15.3. The van der Waals surface area contributed by atoms with Crippen LogP contribution in [0.1, 0.15) is 31.9 Å². The number of aliphatic imine (C=N–C) groups is 1. The Balaban J connectivity index is 2.91. The highest BCUT2D eigenvalue weighted by atomic mass is 32.2. The minimum atomic E-state index is -3.38. The molecule has 0 spiro atoms. The van der Waals surface area contributed by atoms with E-state index in [-0.39, 0.29) is 11.8 Å². The first-order chi connectivity index (χ1) is 11.4. The molecule has 0 saturated heterocycles. The van der Waals surface area contributed by atoms with E-state index < -0.39 is 10.0 Å². The maximum Gasteiger partial charge on any atom is 0.216 e. The van der Waals surface area contributed by atoms with Gasteiger partial charge in [-0.3, -0.25) is 0 Å². The van der Waals surface area contributed by atoms with Gasteiger partial charge in [0.2, 0.25) is 10.0 Å². The van der Waals surface area contributed by atoms with Crippen LogP contribution in [0, 0.1) is 12.3 Å². The third-order valence-electron chi connectivity index (χ3n) is 2.99. The smallest absolute Gasteiger partial charge is 0.216 e. The van der Waals surface area contributed by atoms with Crippen LogP contribution in [0.4, 0.5) is 0 Å². The fourth-order valence-corrected chi connectivity index (χ4v) is 3.59. The van der Waals surface area contributed by atoms with Gasteiger partial charge in [-0.15, -0.1) is 6.42 Å². The minimum absolute atomic E-state index is 0.0643. The number of hydrogen-bond donors (Lipinski definition) is 3. The average molecular weight is 350 g/mol. The first-order valence-electron chi connectivity index (χ1n) is 7.90. The van der Waals surface area contributed by atoms with E-state index in [0.29, 0.717) is 25.6 Å². The normalized spacial score (nSPS) is 12.0. The van der Waals surface area contributed by atoms with Crippen LogP contribution < -0.4 is 15.4 Å². The Labute approximate surface area is 145 Å². The molecule has 0 aliphatic carbocycles. The Bertz CT molecular complexity index is 691. The summed E-state index contributed by atoms with van der Waals surface area (Å²) < 4.78 is 26.9. The topological polar surface area (TPSA) is 82.6 Å². The van der Waals surface area contributed by atoms with Crippen molar-refractivity contribution >= 4 is 16.0 Å². The summed E-state index contributed by atoms with van der Waals surface area (Å²) in [6, 6.07) is 7.27. The van der Waals surface area contributed by atoms with Gasteiger partial charge in [0.15, 0.2) is 5.96 Å². The predicted octanol–water partition coefficient (Wildman–Crippen LogP) is 1.20. The number of guanidine groups is 1. The summed E-state index contributed by atoms with van der Waals surface area (Å²) in [5, 5.41) is 6.10. The van der Waals surface area contributed by atoms with Gasteiger partial charge in [0.1, 0.15) is 0 Å². The Hall–Kier alpha value is -2.04. The maximum atomic E-state index is 12.2. The van der Waals surface area contributed by atoms with E-state index in [2.05, 4.69) is 26.3 Å². The van der Waals surface area contributed by atoms with Crippen molar-refractivity contribution in [2.45, 2.75) is 39.1 Å². The van der Waals surface area contributed by atoms with Gasteiger partial charge in [-0.25, -0.2) is 18.1 Å². The van der Waals surface area contributed by atoms with Crippen molar-refractivity contribution < 1.29 is 8.42 Å². The molecule has 0 bridgehead atoms. The molecule has 132 valence electrons. The van der Waals surface area contributed by atoms with Crippen molar-refractivity contribution in [1.82, 2.24) is 15.4 Å². The van der Waals surface area contributed by atoms with Gasteiger partial charge in [0, 0.05) is 12.6 Å². The molecule has 7 heteroatoms. The average Bonchev–Trinajstić information content (AvgIpc) is 2.49. The molecular formula is C17H26N4O2S. The summed E-state index contributed by atoms with van der Waals surface area (Å²) in [7, 11) is -3.38. The van der Waals surface area contributed by atoms with Crippen LogP contribution in [0.2, 0.25) is 0 Å². The van der Waals surface area contributed by atoms with Gasteiger partial charge in [0.05, 0.1) is 18.8 Å². The summed E-state index contributed by atoms with van der Waals surface area (Å²) in [6.07, 6.45) is 5.24. The number of nitrogens with zero attached hydrogens (tertiary/aromatic N) is 1. The van der Waals surface area contributed by atoms with Gasteiger partial charge >= 0.3 is 0 Å². The van der Waals surface area contributed by atoms with Crippen LogP contribution in [-0.4, -0.2) is 33.5 Å². The highest BCUT2D eigenvalue weighted by Crippen LogP contribution is 2.13. The van der Waals surface area contributed by atoms with Crippen LogP contribution in [0.3, 0.4) is 0 Å². The summed E-state index contributed by atoms with van der Waals surface area (Å²) >= 11 is 0. The number of sulfonamides is 1. The first-order valence-corrected chi connectivity index (χ1v) is 9.55. The van der Waals surface area contributed by atoms with Crippen LogP contribution in [0.5, 0.6) is 0 Å². The quantitative estimate of drug-likeness (QED) is 0.374. The molecule has 0 atom stereocenters. The molecule has 1 aromatic rings. The van der Waals surface area contributed by atoms with Gasteiger partial charge in [-0.05, 0) is 31.9 Å². The number of rotatable bonds is 8. The van der Waals surface area contributed by atoms with Crippen molar-refractivity contribution in [2.75, 3.05) is 13.1 Å². The van der Waals surface area contributed by atoms with E-state index in [9.17, 15) is 8.42 Å².